The van der Waals surface area contributed by atoms with Crippen molar-refractivity contribution >= 4 is 12.1 Å². The van der Waals surface area contributed by atoms with Gasteiger partial charge in [0.15, 0.2) is 0 Å². The molecule has 0 aliphatic rings. The van der Waals surface area contributed by atoms with E-state index >= 15 is 0 Å². The van der Waals surface area contributed by atoms with Gasteiger partial charge in [0, 0.05) is 6.42 Å². The molecule has 0 saturated carbocycles. The number of carboxylic acid groups (broad SMARTS) is 1. The highest BCUT2D eigenvalue weighted by Crippen LogP contribution is 2.28. The second kappa shape index (κ2) is 7.11. The van der Waals surface area contributed by atoms with Gasteiger partial charge in [-0.2, -0.15) is 0 Å². The van der Waals surface area contributed by atoms with Gasteiger partial charge in [0.1, 0.15) is 17.4 Å². The summed E-state index contributed by atoms with van der Waals surface area (Å²) in [6.07, 6.45) is -0.842. The molecule has 1 aromatic rings. The van der Waals surface area contributed by atoms with Crippen molar-refractivity contribution in [2.75, 3.05) is 0 Å². The molecule has 0 aliphatic carbocycles. The van der Waals surface area contributed by atoms with E-state index in [1.807, 2.05) is 20.8 Å². The Morgan fingerprint density at radius 1 is 1.17 bits per heavy atom. The summed E-state index contributed by atoms with van der Waals surface area (Å²) in [7, 11) is 0. The monoisotopic (exact) mass is 337 g/mol. The number of nitrogens with one attached hydrogen (secondary N) is 1. The molecule has 3 N–H and O–H groups in total. The predicted molar refractivity (Wildman–Crippen MR) is 91.3 cm³/mol. The van der Waals surface area contributed by atoms with Crippen LogP contribution in [0, 0.1) is 0 Å². The zero-order valence-electron chi connectivity index (χ0n) is 15.1. The number of hydrogen-bond donors (Lipinski definition) is 3. The fourth-order valence-corrected chi connectivity index (χ4v) is 2.09. The number of phenolic OH excluding ortho intramolecular Hbond substituents is 1. The minimum atomic E-state index is -1.19. The number of aromatic hydroxyl groups is 1. The molecule has 0 saturated heterocycles. The normalized spacial score (nSPS) is 13.2. The first-order valence-corrected chi connectivity index (χ1v) is 7.84. The molecule has 0 aromatic heterocycles. The fraction of sp³-hybridized carbons (Fsp3) is 0.556. The molecule has 0 bridgehead atoms. The van der Waals surface area contributed by atoms with Crippen molar-refractivity contribution in [3.63, 3.8) is 0 Å². The van der Waals surface area contributed by atoms with E-state index in [9.17, 15) is 19.8 Å². The van der Waals surface area contributed by atoms with Crippen LogP contribution in [0.3, 0.4) is 0 Å². The average molecular weight is 337 g/mol. The van der Waals surface area contributed by atoms with Crippen molar-refractivity contribution in [3.8, 4) is 5.75 Å². The topological polar surface area (TPSA) is 95.9 Å². The van der Waals surface area contributed by atoms with E-state index in [1.54, 1.807) is 39.0 Å². The number of alkyl carbamates (subject to hydrolysis) is 1. The molecule has 0 spiro atoms. The summed E-state index contributed by atoms with van der Waals surface area (Å²) in [5.41, 5.74) is 0.573. The Hall–Kier alpha value is -2.24. The van der Waals surface area contributed by atoms with Crippen LogP contribution in [-0.2, 0) is 21.4 Å². The highest BCUT2D eigenvalue weighted by atomic mass is 16.6. The molecule has 6 nitrogen and oxygen atoms in total. The van der Waals surface area contributed by atoms with Gasteiger partial charge in [-0.1, -0.05) is 32.9 Å². The maximum Gasteiger partial charge on any atom is 0.408 e. The van der Waals surface area contributed by atoms with Crippen molar-refractivity contribution < 1.29 is 24.5 Å². The molecule has 0 radical (unpaired) electrons. The Morgan fingerprint density at radius 3 is 2.21 bits per heavy atom. The van der Waals surface area contributed by atoms with E-state index in [0.29, 0.717) is 5.56 Å². The van der Waals surface area contributed by atoms with E-state index in [0.717, 1.165) is 5.56 Å². The lowest BCUT2D eigenvalue weighted by Gasteiger charge is -2.23. The van der Waals surface area contributed by atoms with Crippen molar-refractivity contribution in [2.24, 2.45) is 0 Å². The molecular weight excluding hydrogens is 310 g/mol. The van der Waals surface area contributed by atoms with E-state index in [2.05, 4.69) is 5.32 Å². The first kappa shape index (κ1) is 19.8. The predicted octanol–water partition coefficient (Wildman–Crippen LogP) is 3.21. The number of carbonyl (C=O) groups excluding carboxylic acids is 1. The second-order valence-electron chi connectivity index (χ2n) is 7.83. The van der Waals surface area contributed by atoms with Crippen LogP contribution in [0.15, 0.2) is 18.2 Å². The minimum absolute atomic E-state index is 0.000221. The Morgan fingerprint density at radius 2 is 1.75 bits per heavy atom. The minimum Gasteiger partial charge on any atom is -0.508 e. The summed E-state index contributed by atoms with van der Waals surface area (Å²) < 4.78 is 5.09. The quantitative estimate of drug-likeness (QED) is 0.784. The molecule has 1 atom stereocenters. The number of carboxylic acids is 1. The van der Waals surface area contributed by atoms with Gasteiger partial charge in [-0.15, -0.1) is 0 Å². The molecule has 24 heavy (non-hydrogen) atoms. The Labute approximate surface area is 142 Å². The summed E-state index contributed by atoms with van der Waals surface area (Å²) in [5.74, 6) is -1.19. The zero-order valence-corrected chi connectivity index (χ0v) is 15.1. The molecular formula is C18H27NO5. The van der Waals surface area contributed by atoms with Crippen molar-refractivity contribution in [1.29, 1.82) is 0 Å². The molecule has 6 heteroatoms. The summed E-state index contributed by atoms with van der Waals surface area (Å²) in [4.78, 5) is 23.3. The summed E-state index contributed by atoms with van der Waals surface area (Å²) >= 11 is 0. The SMILES string of the molecule is CC(C)(C)OC(=O)NC(Cc1cc(C(C)(C)C)ccc1O)C(=O)O. The number of amides is 1. The highest BCUT2D eigenvalue weighted by Gasteiger charge is 2.26. The Balaban J connectivity index is 2.97. The van der Waals surface area contributed by atoms with Gasteiger partial charge >= 0.3 is 12.1 Å². The third kappa shape index (κ3) is 6.10. The van der Waals surface area contributed by atoms with Crippen molar-refractivity contribution in [1.82, 2.24) is 5.32 Å². The lowest BCUT2D eigenvalue weighted by molar-refractivity contribution is -0.139. The number of ether oxygens (including phenoxy) is 1. The summed E-state index contributed by atoms with van der Waals surface area (Å²) in [6.45, 7) is 11.2. The first-order valence-electron chi connectivity index (χ1n) is 7.84. The van der Waals surface area contributed by atoms with Gasteiger partial charge in [0.25, 0.3) is 0 Å². The van der Waals surface area contributed by atoms with Gasteiger partial charge in [0.2, 0.25) is 0 Å². The van der Waals surface area contributed by atoms with Crippen LogP contribution in [0.25, 0.3) is 0 Å². The van der Waals surface area contributed by atoms with E-state index in [-0.39, 0.29) is 17.6 Å². The molecule has 0 heterocycles. The van der Waals surface area contributed by atoms with E-state index in [1.165, 1.54) is 0 Å². The van der Waals surface area contributed by atoms with Crippen LogP contribution in [-0.4, -0.2) is 33.9 Å². The van der Waals surface area contributed by atoms with Gasteiger partial charge in [-0.25, -0.2) is 9.59 Å². The van der Waals surface area contributed by atoms with Gasteiger partial charge in [-0.05, 0) is 43.4 Å². The van der Waals surface area contributed by atoms with Crippen LogP contribution in [0.4, 0.5) is 4.79 Å². The van der Waals surface area contributed by atoms with Gasteiger partial charge in [0.05, 0.1) is 0 Å². The number of carbonyl (C=O) groups is 2. The van der Waals surface area contributed by atoms with Crippen molar-refractivity contribution in [2.45, 2.75) is 65.0 Å². The smallest absolute Gasteiger partial charge is 0.408 e. The van der Waals surface area contributed by atoms with E-state index < -0.39 is 23.7 Å². The van der Waals surface area contributed by atoms with Gasteiger partial charge < -0.3 is 20.3 Å². The largest absolute Gasteiger partial charge is 0.508 e. The highest BCUT2D eigenvalue weighted by molar-refractivity contribution is 5.80. The molecule has 1 aromatic carbocycles. The first-order chi connectivity index (χ1) is 10.8. The number of rotatable bonds is 4. The zero-order chi connectivity index (χ0) is 18.7. The third-order valence-electron chi connectivity index (χ3n) is 3.36. The Bertz CT molecular complexity index is 611. The lowest BCUT2D eigenvalue weighted by atomic mass is 9.85. The van der Waals surface area contributed by atoms with E-state index in [4.69, 9.17) is 4.74 Å². The molecule has 1 rings (SSSR count). The lowest BCUT2D eigenvalue weighted by Crippen LogP contribution is -2.44. The van der Waals surface area contributed by atoms with Crippen LogP contribution in [0.5, 0.6) is 5.75 Å². The average Bonchev–Trinajstić information content (AvgIpc) is 2.36. The van der Waals surface area contributed by atoms with Crippen molar-refractivity contribution in [3.05, 3.63) is 29.3 Å². The standard InChI is InChI=1S/C18H27NO5/c1-17(2,3)12-7-8-14(20)11(9-12)10-13(15(21)22)19-16(23)24-18(4,5)6/h7-9,13,20H,10H2,1-6H3,(H,19,23)(H,21,22). The second-order valence-corrected chi connectivity index (χ2v) is 7.83. The number of hydrogen-bond acceptors (Lipinski definition) is 4. The van der Waals surface area contributed by atoms with Crippen LogP contribution in [0.1, 0.15) is 52.7 Å². The molecule has 0 aliphatic heterocycles. The number of phenols is 1. The molecule has 134 valence electrons. The molecule has 1 unspecified atom stereocenters. The summed E-state index contributed by atoms with van der Waals surface area (Å²) in [6, 6.07) is 3.92. The molecule has 1 amide bonds. The van der Waals surface area contributed by atoms with Crippen LogP contribution >= 0.6 is 0 Å². The maximum absolute atomic E-state index is 11.8. The summed E-state index contributed by atoms with van der Waals surface area (Å²) in [5, 5.41) is 21.7. The number of aliphatic carboxylic acids is 1. The third-order valence-corrected chi connectivity index (χ3v) is 3.36. The fourth-order valence-electron chi connectivity index (χ4n) is 2.09. The van der Waals surface area contributed by atoms with Gasteiger partial charge in [-0.3, -0.25) is 0 Å². The molecule has 0 fully saturated rings. The maximum atomic E-state index is 11.8. The van der Waals surface area contributed by atoms with Crippen LogP contribution in [0.2, 0.25) is 0 Å². The van der Waals surface area contributed by atoms with Crippen LogP contribution < -0.4 is 5.32 Å². The Kier molecular flexibility index (Phi) is 5.87. The number of benzene rings is 1.